The third kappa shape index (κ3) is 1.85. The summed E-state index contributed by atoms with van der Waals surface area (Å²) < 4.78 is 0. The minimum Gasteiger partial charge on any atom is -0.508 e. The lowest BCUT2D eigenvalue weighted by molar-refractivity contribution is 0.0896. The van der Waals surface area contributed by atoms with Crippen LogP contribution in [0.15, 0.2) is 23.8 Å². The first-order chi connectivity index (χ1) is 8.24. The fourth-order valence-corrected chi connectivity index (χ4v) is 2.33. The Morgan fingerprint density at radius 3 is 2.44 bits per heavy atom. The van der Waals surface area contributed by atoms with Gasteiger partial charge in [0.05, 0.1) is 0 Å². The van der Waals surface area contributed by atoms with E-state index in [1.807, 2.05) is 13.8 Å². The molecule has 0 amide bonds. The summed E-state index contributed by atoms with van der Waals surface area (Å²) in [6, 6.07) is 3.13. The van der Waals surface area contributed by atoms with Gasteiger partial charge in [0.25, 0.3) is 0 Å². The highest BCUT2D eigenvalue weighted by Crippen LogP contribution is 2.38. The van der Waals surface area contributed by atoms with E-state index in [0.29, 0.717) is 22.3 Å². The van der Waals surface area contributed by atoms with Crippen LogP contribution >= 0.6 is 0 Å². The molecule has 2 rings (SSSR count). The smallest absolute Gasteiger partial charge is 0.189 e. The Morgan fingerprint density at radius 1 is 1.28 bits per heavy atom. The number of aryl methyl sites for hydroxylation is 1. The van der Waals surface area contributed by atoms with E-state index in [1.165, 1.54) is 6.07 Å². The number of rotatable bonds is 1. The second kappa shape index (κ2) is 3.95. The number of phenolic OH excluding ortho intramolecular Hbond substituents is 1. The summed E-state index contributed by atoms with van der Waals surface area (Å²) >= 11 is 0. The van der Waals surface area contributed by atoms with E-state index in [0.717, 1.165) is 0 Å². The van der Waals surface area contributed by atoms with Crippen molar-refractivity contribution in [2.45, 2.75) is 33.3 Å². The van der Waals surface area contributed by atoms with Gasteiger partial charge in [-0.2, -0.15) is 0 Å². The Bertz CT molecular complexity index is 551. The van der Waals surface area contributed by atoms with Crippen LogP contribution in [0.1, 0.15) is 42.3 Å². The van der Waals surface area contributed by atoms with Gasteiger partial charge in [0.1, 0.15) is 11.4 Å². The molecule has 0 unspecified atom stereocenters. The number of carbonyl (C=O) groups excluding carboxylic acids is 1. The third-order valence-corrected chi connectivity index (χ3v) is 3.45. The molecule has 0 fully saturated rings. The monoisotopic (exact) mass is 246 g/mol. The molecule has 0 aromatic heterocycles. The summed E-state index contributed by atoms with van der Waals surface area (Å²) in [5.41, 5.74) is 1.01. The predicted octanol–water partition coefficient (Wildman–Crippen LogP) is 2.69. The Hall–Kier alpha value is -1.61. The van der Waals surface area contributed by atoms with Gasteiger partial charge < -0.3 is 10.2 Å². The summed E-state index contributed by atoms with van der Waals surface area (Å²) in [5, 5.41) is 20.2. The first-order valence-electron chi connectivity index (χ1n) is 6.08. The molecule has 0 radical (unpaired) electrons. The zero-order valence-electron chi connectivity index (χ0n) is 11.1. The maximum absolute atomic E-state index is 12.3. The van der Waals surface area contributed by atoms with Gasteiger partial charge in [0.15, 0.2) is 5.78 Å². The van der Waals surface area contributed by atoms with E-state index in [1.54, 1.807) is 26.0 Å². The van der Waals surface area contributed by atoms with E-state index in [9.17, 15) is 15.0 Å². The molecule has 0 saturated carbocycles. The lowest BCUT2D eigenvalue weighted by atomic mass is 9.77. The Balaban J connectivity index is 2.70. The Labute approximate surface area is 107 Å². The number of hydrogen-bond acceptors (Lipinski definition) is 3. The maximum atomic E-state index is 12.3. The van der Waals surface area contributed by atoms with Crippen molar-refractivity contribution in [2.75, 3.05) is 0 Å². The van der Waals surface area contributed by atoms with Crippen LogP contribution in [0.2, 0.25) is 0 Å². The van der Waals surface area contributed by atoms with Crippen LogP contribution in [0.25, 0.3) is 0 Å². The highest BCUT2D eigenvalue weighted by molar-refractivity contribution is 6.11. The van der Waals surface area contributed by atoms with Gasteiger partial charge >= 0.3 is 0 Å². The molecule has 2 N–H and O–H groups in total. The third-order valence-electron chi connectivity index (χ3n) is 3.45. The minimum atomic E-state index is -1.21. The quantitative estimate of drug-likeness (QED) is 0.801. The van der Waals surface area contributed by atoms with Gasteiger partial charge in [-0.1, -0.05) is 13.8 Å². The molecule has 96 valence electrons. The number of ketones is 1. The standard InChI is InChI=1S/C15H18O3/c1-8(2)11-7-15(4,18)12-6-13(16)9(3)5-10(12)14(11)17/h5-8,16,18H,1-4H3/t15-/m1/s1. The normalized spacial score (nSPS) is 23.0. The van der Waals surface area contributed by atoms with Crippen molar-refractivity contribution in [3.63, 3.8) is 0 Å². The summed E-state index contributed by atoms with van der Waals surface area (Å²) in [6.07, 6.45) is 1.59. The van der Waals surface area contributed by atoms with E-state index in [4.69, 9.17) is 0 Å². The topological polar surface area (TPSA) is 57.5 Å². The van der Waals surface area contributed by atoms with Crippen LogP contribution < -0.4 is 0 Å². The number of allylic oxidation sites excluding steroid dienone is 1. The van der Waals surface area contributed by atoms with Gasteiger partial charge in [-0.3, -0.25) is 4.79 Å². The summed E-state index contributed by atoms with van der Waals surface area (Å²) in [6.45, 7) is 7.23. The van der Waals surface area contributed by atoms with E-state index < -0.39 is 5.60 Å². The van der Waals surface area contributed by atoms with E-state index >= 15 is 0 Å². The number of Topliss-reactive ketones (excluding diaryl/α,β-unsaturated/α-hetero) is 1. The number of carbonyl (C=O) groups is 1. The number of aromatic hydroxyl groups is 1. The van der Waals surface area contributed by atoms with Crippen LogP contribution in [0.4, 0.5) is 0 Å². The molecule has 3 heteroatoms. The molecule has 0 bridgehead atoms. The maximum Gasteiger partial charge on any atom is 0.189 e. The summed E-state index contributed by atoms with van der Waals surface area (Å²) in [4.78, 5) is 12.3. The molecule has 0 aliphatic heterocycles. The second-order valence-electron chi connectivity index (χ2n) is 5.42. The SMILES string of the molecule is Cc1cc2c(cc1O)[C@](C)(O)C=C(C(C)C)C2=O. The van der Waals surface area contributed by atoms with Crippen LogP contribution in [0.3, 0.4) is 0 Å². The molecule has 0 spiro atoms. The van der Waals surface area contributed by atoms with Gasteiger partial charge in [-0.25, -0.2) is 0 Å². The van der Waals surface area contributed by atoms with Crippen molar-refractivity contribution in [3.05, 3.63) is 40.5 Å². The van der Waals surface area contributed by atoms with Crippen molar-refractivity contribution in [1.29, 1.82) is 0 Å². The number of phenols is 1. The molecule has 18 heavy (non-hydrogen) atoms. The average Bonchev–Trinajstić information content (AvgIpc) is 2.26. The van der Waals surface area contributed by atoms with Gasteiger partial charge in [0, 0.05) is 16.7 Å². The zero-order chi connectivity index (χ0) is 13.7. The van der Waals surface area contributed by atoms with Crippen molar-refractivity contribution in [1.82, 2.24) is 0 Å². The molecule has 0 heterocycles. The van der Waals surface area contributed by atoms with Crippen LogP contribution in [-0.2, 0) is 5.60 Å². The lowest BCUT2D eigenvalue weighted by Gasteiger charge is -2.30. The van der Waals surface area contributed by atoms with Crippen molar-refractivity contribution >= 4 is 5.78 Å². The molecule has 1 aromatic carbocycles. The van der Waals surface area contributed by atoms with Gasteiger partial charge in [0.2, 0.25) is 0 Å². The number of benzene rings is 1. The largest absolute Gasteiger partial charge is 0.508 e. The first-order valence-corrected chi connectivity index (χ1v) is 6.08. The number of hydrogen-bond donors (Lipinski definition) is 2. The van der Waals surface area contributed by atoms with E-state index in [-0.39, 0.29) is 17.5 Å². The molecular weight excluding hydrogens is 228 g/mol. The molecule has 1 aliphatic carbocycles. The van der Waals surface area contributed by atoms with Crippen LogP contribution in [0.5, 0.6) is 5.75 Å². The Kier molecular flexibility index (Phi) is 2.82. The highest BCUT2D eigenvalue weighted by atomic mass is 16.3. The summed E-state index contributed by atoms with van der Waals surface area (Å²) in [7, 11) is 0. The molecule has 3 nitrogen and oxygen atoms in total. The van der Waals surface area contributed by atoms with Crippen molar-refractivity contribution in [3.8, 4) is 5.75 Å². The number of aliphatic hydroxyl groups is 1. The van der Waals surface area contributed by atoms with Crippen LogP contribution in [-0.4, -0.2) is 16.0 Å². The first kappa shape index (κ1) is 12.8. The molecule has 0 saturated heterocycles. The molecular formula is C15H18O3. The summed E-state index contributed by atoms with van der Waals surface area (Å²) in [5.74, 6) is 0.101. The van der Waals surface area contributed by atoms with Crippen molar-refractivity contribution < 1.29 is 15.0 Å². The fraction of sp³-hybridized carbons (Fsp3) is 0.400. The van der Waals surface area contributed by atoms with Crippen molar-refractivity contribution in [2.24, 2.45) is 5.92 Å². The number of fused-ring (bicyclic) bond motifs is 1. The van der Waals surface area contributed by atoms with Gasteiger partial charge in [-0.15, -0.1) is 0 Å². The fourth-order valence-electron chi connectivity index (χ4n) is 2.33. The van der Waals surface area contributed by atoms with Gasteiger partial charge in [-0.05, 0) is 43.5 Å². The predicted molar refractivity (Wildman–Crippen MR) is 69.7 cm³/mol. The average molecular weight is 246 g/mol. The Morgan fingerprint density at radius 2 is 1.89 bits per heavy atom. The highest BCUT2D eigenvalue weighted by Gasteiger charge is 2.35. The molecule has 1 atom stereocenters. The molecule has 1 aromatic rings. The second-order valence-corrected chi connectivity index (χ2v) is 5.42. The zero-order valence-corrected chi connectivity index (χ0v) is 11.1. The minimum absolute atomic E-state index is 0.0605. The van der Waals surface area contributed by atoms with Crippen LogP contribution in [0, 0.1) is 12.8 Å². The molecule has 1 aliphatic rings. The van der Waals surface area contributed by atoms with E-state index in [2.05, 4.69) is 0 Å². The lowest BCUT2D eigenvalue weighted by Crippen LogP contribution is -2.29.